The molecule has 1 aromatic rings. The molecule has 2 atom stereocenters. The van der Waals surface area contributed by atoms with Gasteiger partial charge in [0.25, 0.3) is 0 Å². The van der Waals surface area contributed by atoms with Crippen LogP contribution < -0.4 is 10.2 Å². The highest BCUT2D eigenvalue weighted by Crippen LogP contribution is 2.27. The SMILES string of the molecule is CC(C)C[C@H](NC(=O)[C@H]1CC(=O)N(c2cccc(Br)c2)C1)C(=O)N(C)C. The number of halogens is 1. The number of hydrogen-bond donors (Lipinski definition) is 1. The van der Waals surface area contributed by atoms with E-state index >= 15 is 0 Å². The first-order valence-electron chi connectivity index (χ1n) is 8.76. The molecule has 2 rings (SSSR count). The van der Waals surface area contributed by atoms with E-state index in [0.29, 0.717) is 13.0 Å². The summed E-state index contributed by atoms with van der Waals surface area (Å²) in [4.78, 5) is 40.5. The van der Waals surface area contributed by atoms with Gasteiger partial charge in [0, 0.05) is 37.2 Å². The van der Waals surface area contributed by atoms with Crippen LogP contribution in [0.15, 0.2) is 28.7 Å². The van der Waals surface area contributed by atoms with E-state index in [0.717, 1.165) is 10.2 Å². The number of rotatable bonds is 6. The lowest BCUT2D eigenvalue weighted by Gasteiger charge is -2.24. The molecule has 0 aromatic heterocycles. The topological polar surface area (TPSA) is 69.7 Å². The third kappa shape index (κ3) is 5.06. The Labute approximate surface area is 163 Å². The van der Waals surface area contributed by atoms with Crippen LogP contribution in [0.3, 0.4) is 0 Å². The predicted molar refractivity (Wildman–Crippen MR) is 105 cm³/mol. The monoisotopic (exact) mass is 423 g/mol. The summed E-state index contributed by atoms with van der Waals surface area (Å²) in [5, 5.41) is 2.86. The van der Waals surface area contributed by atoms with E-state index < -0.39 is 12.0 Å². The molecule has 0 radical (unpaired) electrons. The first-order chi connectivity index (χ1) is 12.2. The number of nitrogens with one attached hydrogen (secondary N) is 1. The summed E-state index contributed by atoms with van der Waals surface area (Å²) in [6, 6.07) is 6.88. The molecular formula is C19H26BrN3O3. The van der Waals surface area contributed by atoms with E-state index in [9.17, 15) is 14.4 Å². The lowest BCUT2D eigenvalue weighted by atomic mass is 10.0. The average Bonchev–Trinajstić information content (AvgIpc) is 2.95. The van der Waals surface area contributed by atoms with Gasteiger partial charge in [-0.2, -0.15) is 0 Å². The molecule has 3 amide bonds. The van der Waals surface area contributed by atoms with Gasteiger partial charge < -0.3 is 15.1 Å². The minimum absolute atomic E-state index is 0.0809. The van der Waals surface area contributed by atoms with Gasteiger partial charge in [-0.1, -0.05) is 35.8 Å². The number of hydrogen-bond acceptors (Lipinski definition) is 3. The Hall–Kier alpha value is -1.89. The van der Waals surface area contributed by atoms with Crippen LogP contribution in [0.25, 0.3) is 0 Å². The zero-order valence-electron chi connectivity index (χ0n) is 15.7. The molecule has 0 spiro atoms. The highest BCUT2D eigenvalue weighted by molar-refractivity contribution is 9.10. The van der Waals surface area contributed by atoms with Crippen molar-refractivity contribution in [3.8, 4) is 0 Å². The first-order valence-corrected chi connectivity index (χ1v) is 9.55. The third-order valence-electron chi connectivity index (χ3n) is 4.38. The molecule has 0 unspecified atom stereocenters. The van der Waals surface area contributed by atoms with Crippen molar-refractivity contribution in [1.82, 2.24) is 10.2 Å². The fourth-order valence-corrected chi connectivity index (χ4v) is 3.46. The van der Waals surface area contributed by atoms with E-state index in [4.69, 9.17) is 0 Å². The Morgan fingerprint density at radius 1 is 1.35 bits per heavy atom. The molecule has 7 heteroatoms. The second kappa shape index (κ2) is 8.66. The minimum atomic E-state index is -0.562. The van der Waals surface area contributed by atoms with Gasteiger partial charge in [0.15, 0.2) is 0 Å². The van der Waals surface area contributed by atoms with Crippen LogP contribution in [0.1, 0.15) is 26.7 Å². The summed E-state index contributed by atoms with van der Waals surface area (Å²) in [6.07, 6.45) is 0.724. The number of carbonyl (C=O) groups excluding carboxylic acids is 3. The summed E-state index contributed by atoms with van der Waals surface area (Å²) >= 11 is 3.40. The number of nitrogens with zero attached hydrogens (tertiary/aromatic N) is 2. The fourth-order valence-electron chi connectivity index (χ4n) is 3.07. The Morgan fingerprint density at radius 3 is 2.62 bits per heavy atom. The Kier molecular flexibility index (Phi) is 6.81. The normalized spacial score (nSPS) is 18.2. The maximum atomic E-state index is 12.7. The smallest absolute Gasteiger partial charge is 0.244 e. The zero-order chi connectivity index (χ0) is 19.4. The van der Waals surface area contributed by atoms with Gasteiger partial charge in [0.05, 0.1) is 5.92 Å². The highest BCUT2D eigenvalue weighted by atomic mass is 79.9. The predicted octanol–water partition coefficient (Wildman–Crippen LogP) is 2.42. The lowest BCUT2D eigenvalue weighted by Crippen LogP contribution is -2.49. The average molecular weight is 424 g/mol. The molecule has 0 bridgehead atoms. The van der Waals surface area contributed by atoms with Crippen molar-refractivity contribution in [1.29, 1.82) is 0 Å². The molecule has 1 fully saturated rings. The lowest BCUT2D eigenvalue weighted by molar-refractivity contribution is -0.136. The summed E-state index contributed by atoms with van der Waals surface area (Å²) in [5.41, 5.74) is 0.766. The van der Waals surface area contributed by atoms with Crippen LogP contribution >= 0.6 is 15.9 Å². The summed E-state index contributed by atoms with van der Waals surface area (Å²) < 4.78 is 0.879. The quantitative estimate of drug-likeness (QED) is 0.763. The second-order valence-electron chi connectivity index (χ2n) is 7.31. The van der Waals surface area contributed by atoms with Crippen molar-refractivity contribution in [2.75, 3.05) is 25.5 Å². The maximum absolute atomic E-state index is 12.7. The van der Waals surface area contributed by atoms with Crippen molar-refractivity contribution in [3.05, 3.63) is 28.7 Å². The second-order valence-corrected chi connectivity index (χ2v) is 8.22. The van der Waals surface area contributed by atoms with Crippen LogP contribution in [0.5, 0.6) is 0 Å². The highest BCUT2D eigenvalue weighted by Gasteiger charge is 2.36. The first kappa shape index (κ1) is 20.4. The molecule has 0 saturated carbocycles. The fraction of sp³-hybridized carbons (Fsp3) is 0.526. The van der Waals surface area contributed by atoms with Gasteiger partial charge >= 0.3 is 0 Å². The number of carbonyl (C=O) groups is 3. The standard InChI is InChI=1S/C19H26BrN3O3/c1-12(2)8-16(19(26)22(3)4)21-18(25)13-9-17(24)23(11-13)15-7-5-6-14(20)10-15/h5-7,10,12-13,16H,8-9,11H2,1-4H3,(H,21,25)/t13-,16-/m0/s1. The molecule has 1 aliphatic heterocycles. The summed E-state index contributed by atoms with van der Waals surface area (Å²) in [6.45, 7) is 4.35. The molecule has 6 nitrogen and oxygen atoms in total. The van der Waals surface area contributed by atoms with Gasteiger partial charge in [-0.15, -0.1) is 0 Å². The Bertz CT molecular complexity index is 690. The van der Waals surface area contributed by atoms with Gasteiger partial charge in [0.2, 0.25) is 17.7 Å². The third-order valence-corrected chi connectivity index (χ3v) is 4.87. The molecule has 1 aromatic carbocycles. The van der Waals surface area contributed by atoms with Gasteiger partial charge in [-0.25, -0.2) is 0 Å². The van der Waals surface area contributed by atoms with E-state index in [1.807, 2.05) is 38.1 Å². The van der Waals surface area contributed by atoms with Crippen molar-refractivity contribution >= 4 is 39.3 Å². The van der Waals surface area contributed by atoms with Gasteiger partial charge in [0.1, 0.15) is 6.04 Å². The van der Waals surface area contributed by atoms with Crippen molar-refractivity contribution in [2.45, 2.75) is 32.7 Å². The Morgan fingerprint density at radius 2 is 2.04 bits per heavy atom. The Balaban J connectivity index is 2.07. The molecule has 142 valence electrons. The van der Waals surface area contributed by atoms with Crippen LogP contribution in [-0.4, -0.2) is 49.3 Å². The van der Waals surface area contributed by atoms with Crippen molar-refractivity contribution in [2.24, 2.45) is 11.8 Å². The van der Waals surface area contributed by atoms with Crippen LogP contribution in [0.4, 0.5) is 5.69 Å². The number of amides is 3. The van der Waals surface area contributed by atoms with Crippen molar-refractivity contribution < 1.29 is 14.4 Å². The maximum Gasteiger partial charge on any atom is 0.244 e. The van der Waals surface area contributed by atoms with Crippen LogP contribution in [-0.2, 0) is 14.4 Å². The van der Waals surface area contributed by atoms with E-state index in [1.54, 1.807) is 19.0 Å². The number of anilines is 1. The van der Waals surface area contributed by atoms with Crippen LogP contribution in [0, 0.1) is 11.8 Å². The number of likely N-dealkylation sites (N-methyl/N-ethyl adjacent to an activating group) is 1. The van der Waals surface area contributed by atoms with E-state index in [-0.39, 0.29) is 30.1 Å². The summed E-state index contributed by atoms with van der Waals surface area (Å²) in [5.74, 6) is -0.627. The molecule has 0 aliphatic carbocycles. The summed E-state index contributed by atoms with van der Waals surface area (Å²) in [7, 11) is 3.35. The number of benzene rings is 1. The van der Waals surface area contributed by atoms with Gasteiger partial charge in [-0.05, 0) is 30.5 Å². The largest absolute Gasteiger partial charge is 0.347 e. The molecule has 1 saturated heterocycles. The molecule has 26 heavy (non-hydrogen) atoms. The van der Waals surface area contributed by atoms with E-state index in [1.165, 1.54) is 4.90 Å². The van der Waals surface area contributed by atoms with E-state index in [2.05, 4.69) is 21.2 Å². The molecule has 1 N–H and O–H groups in total. The van der Waals surface area contributed by atoms with Crippen molar-refractivity contribution in [3.63, 3.8) is 0 Å². The zero-order valence-corrected chi connectivity index (χ0v) is 17.2. The molecular weight excluding hydrogens is 398 g/mol. The van der Waals surface area contributed by atoms with Gasteiger partial charge in [-0.3, -0.25) is 14.4 Å². The minimum Gasteiger partial charge on any atom is -0.347 e. The van der Waals surface area contributed by atoms with Crippen LogP contribution in [0.2, 0.25) is 0 Å². The molecule has 1 aliphatic rings. The molecule has 1 heterocycles.